The minimum atomic E-state index is -0.289. The molecule has 3 heteroatoms. The first-order chi connectivity index (χ1) is 6.84. The summed E-state index contributed by atoms with van der Waals surface area (Å²) in [6.45, 7) is 0. The molecule has 1 radical (unpaired) electrons. The molecule has 0 atom stereocenters. The van der Waals surface area contributed by atoms with Crippen LogP contribution in [0.5, 0.6) is 11.6 Å². The second kappa shape index (κ2) is 3.87. The predicted molar refractivity (Wildman–Crippen MR) is 49.5 cm³/mol. The lowest BCUT2D eigenvalue weighted by Gasteiger charge is -2.02. The molecule has 0 N–H and O–H groups in total. The summed E-state index contributed by atoms with van der Waals surface area (Å²) in [5.41, 5.74) is 0. The molecule has 2 rings (SSSR count). The molecule has 2 nitrogen and oxygen atoms in total. The third kappa shape index (κ3) is 2.07. The van der Waals surface area contributed by atoms with E-state index in [2.05, 4.69) is 11.1 Å². The molecule has 0 amide bonds. The molecule has 0 saturated heterocycles. The highest BCUT2D eigenvalue weighted by atomic mass is 19.1. The van der Waals surface area contributed by atoms with Gasteiger partial charge in [0.2, 0.25) is 5.88 Å². The van der Waals surface area contributed by atoms with Crippen LogP contribution in [-0.4, -0.2) is 4.98 Å². The average Bonchev–Trinajstić information content (AvgIpc) is 2.23. The van der Waals surface area contributed by atoms with Gasteiger partial charge in [0.05, 0.1) is 0 Å². The molecule has 0 aliphatic carbocycles. The van der Waals surface area contributed by atoms with Crippen LogP contribution in [-0.2, 0) is 0 Å². The van der Waals surface area contributed by atoms with Gasteiger partial charge in [0.25, 0.3) is 0 Å². The maximum atomic E-state index is 12.5. The number of pyridine rings is 1. The molecular weight excluding hydrogens is 181 g/mol. The lowest BCUT2D eigenvalue weighted by atomic mass is 10.3. The summed E-state index contributed by atoms with van der Waals surface area (Å²) < 4.78 is 17.8. The van der Waals surface area contributed by atoms with Crippen LogP contribution in [0.1, 0.15) is 0 Å². The molecule has 0 unspecified atom stereocenters. The monoisotopic (exact) mass is 188 g/mol. The van der Waals surface area contributed by atoms with Crippen LogP contribution in [0, 0.1) is 11.9 Å². The number of aromatic nitrogens is 1. The summed E-state index contributed by atoms with van der Waals surface area (Å²) in [7, 11) is 0. The van der Waals surface area contributed by atoms with Crippen molar-refractivity contribution in [2.24, 2.45) is 0 Å². The molecule has 1 aromatic carbocycles. The number of hydrogen-bond donors (Lipinski definition) is 0. The van der Waals surface area contributed by atoms with Gasteiger partial charge in [-0.05, 0) is 36.4 Å². The van der Waals surface area contributed by atoms with Gasteiger partial charge in [0.1, 0.15) is 11.6 Å². The van der Waals surface area contributed by atoms with Crippen LogP contribution in [0.3, 0.4) is 0 Å². The van der Waals surface area contributed by atoms with Crippen molar-refractivity contribution in [2.75, 3.05) is 0 Å². The van der Waals surface area contributed by atoms with Gasteiger partial charge < -0.3 is 4.74 Å². The van der Waals surface area contributed by atoms with E-state index >= 15 is 0 Å². The summed E-state index contributed by atoms with van der Waals surface area (Å²) in [4.78, 5) is 3.92. The molecule has 14 heavy (non-hydrogen) atoms. The Bertz CT molecular complexity index is 399. The number of hydrogen-bond acceptors (Lipinski definition) is 2. The van der Waals surface area contributed by atoms with Crippen LogP contribution >= 0.6 is 0 Å². The van der Waals surface area contributed by atoms with E-state index in [1.165, 1.54) is 24.3 Å². The van der Waals surface area contributed by atoms with Gasteiger partial charge in [0.15, 0.2) is 0 Å². The minimum Gasteiger partial charge on any atom is -0.438 e. The van der Waals surface area contributed by atoms with Crippen LogP contribution in [0.15, 0.2) is 42.6 Å². The fraction of sp³-hybridized carbons (Fsp3) is 0. The fourth-order valence-electron chi connectivity index (χ4n) is 0.981. The number of rotatable bonds is 2. The van der Waals surface area contributed by atoms with E-state index < -0.39 is 0 Å². The molecule has 0 aliphatic rings. The van der Waals surface area contributed by atoms with E-state index in [1.807, 2.05) is 0 Å². The lowest BCUT2D eigenvalue weighted by molar-refractivity contribution is 0.460. The Morgan fingerprint density at radius 2 is 2.00 bits per heavy atom. The van der Waals surface area contributed by atoms with Gasteiger partial charge in [0, 0.05) is 12.3 Å². The molecule has 0 fully saturated rings. The van der Waals surface area contributed by atoms with Crippen molar-refractivity contribution in [3.8, 4) is 11.6 Å². The number of nitrogens with zero attached hydrogens (tertiary/aromatic N) is 1. The molecule has 0 saturated carbocycles. The van der Waals surface area contributed by atoms with Crippen LogP contribution in [0.25, 0.3) is 0 Å². The summed E-state index contributed by atoms with van der Waals surface area (Å²) in [5, 5.41) is 0. The van der Waals surface area contributed by atoms with Gasteiger partial charge >= 0.3 is 0 Å². The summed E-state index contributed by atoms with van der Waals surface area (Å²) in [6.07, 6.45) is 1.61. The van der Waals surface area contributed by atoms with Gasteiger partial charge in [-0.1, -0.05) is 0 Å². The van der Waals surface area contributed by atoms with E-state index in [1.54, 1.807) is 18.3 Å². The average molecular weight is 188 g/mol. The molecule has 69 valence electrons. The zero-order chi connectivity index (χ0) is 9.80. The summed E-state index contributed by atoms with van der Waals surface area (Å²) >= 11 is 0. The molecular formula is C11H7FNO. The van der Waals surface area contributed by atoms with E-state index in [0.29, 0.717) is 11.6 Å². The van der Waals surface area contributed by atoms with Crippen molar-refractivity contribution in [1.82, 2.24) is 4.98 Å². The van der Waals surface area contributed by atoms with Crippen molar-refractivity contribution in [2.45, 2.75) is 0 Å². The smallest absolute Gasteiger partial charge is 0.227 e. The lowest BCUT2D eigenvalue weighted by Crippen LogP contribution is -1.86. The Balaban J connectivity index is 2.16. The Morgan fingerprint density at radius 1 is 1.21 bits per heavy atom. The number of benzene rings is 1. The zero-order valence-corrected chi connectivity index (χ0v) is 7.27. The summed E-state index contributed by atoms with van der Waals surface area (Å²) in [6, 6.07) is 12.0. The van der Waals surface area contributed by atoms with Crippen molar-refractivity contribution in [3.63, 3.8) is 0 Å². The van der Waals surface area contributed by atoms with E-state index in [-0.39, 0.29) is 5.82 Å². The fourth-order valence-corrected chi connectivity index (χ4v) is 0.981. The van der Waals surface area contributed by atoms with Crippen molar-refractivity contribution < 1.29 is 9.13 Å². The first-order valence-corrected chi connectivity index (χ1v) is 4.11. The highest BCUT2D eigenvalue weighted by molar-refractivity contribution is 5.26. The normalized spacial score (nSPS) is 9.79. The van der Waals surface area contributed by atoms with Crippen molar-refractivity contribution in [3.05, 3.63) is 54.5 Å². The first kappa shape index (κ1) is 8.69. The Kier molecular flexibility index (Phi) is 2.40. The molecule has 2 aromatic rings. The Hall–Kier alpha value is -1.90. The standard InChI is InChI=1S/C11H7FNO/c12-9-4-6-10(7-5-9)14-11-3-1-2-8-13-11/h1-2,4-8H. The highest BCUT2D eigenvalue weighted by Crippen LogP contribution is 2.17. The van der Waals surface area contributed by atoms with Gasteiger partial charge in [-0.2, -0.15) is 0 Å². The molecule has 0 aliphatic heterocycles. The molecule has 0 bridgehead atoms. The molecule has 1 aromatic heterocycles. The topological polar surface area (TPSA) is 22.1 Å². The maximum Gasteiger partial charge on any atom is 0.227 e. The Morgan fingerprint density at radius 3 is 2.64 bits per heavy atom. The van der Waals surface area contributed by atoms with Crippen LogP contribution in [0.2, 0.25) is 0 Å². The van der Waals surface area contributed by atoms with Crippen LogP contribution < -0.4 is 4.74 Å². The second-order valence-electron chi connectivity index (χ2n) is 2.64. The van der Waals surface area contributed by atoms with Crippen molar-refractivity contribution in [1.29, 1.82) is 0 Å². The largest absolute Gasteiger partial charge is 0.438 e. The van der Waals surface area contributed by atoms with Gasteiger partial charge in [-0.3, -0.25) is 0 Å². The SMILES string of the molecule is Fc1ccc(Oc2[c]cccn2)cc1. The predicted octanol–water partition coefficient (Wildman–Crippen LogP) is 2.81. The third-order valence-corrected chi connectivity index (χ3v) is 1.61. The first-order valence-electron chi connectivity index (χ1n) is 4.11. The van der Waals surface area contributed by atoms with Gasteiger partial charge in [-0.15, -0.1) is 0 Å². The van der Waals surface area contributed by atoms with Crippen molar-refractivity contribution >= 4 is 0 Å². The Labute approximate surface area is 81.0 Å². The third-order valence-electron chi connectivity index (χ3n) is 1.61. The van der Waals surface area contributed by atoms with E-state index in [0.717, 1.165) is 0 Å². The van der Waals surface area contributed by atoms with Gasteiger partial charge in [-0.25, -0.2) is 9.37 Å². The number of halogens is 1. The molecule has 0 spiro atoms. The zero-order valence-electron chi connectivity index (χ0n) is 7.27. The number of ether oxygens (including phenoxy) is 1. The molecule has 1 heterocycles. The quantitative estimate of drug-likeness (QED) is 0.722. The summed E-state index contributed by atoms with van der Waals surface area (Å²) in [5.74, 6) is 0.628. The highest BCUT2D eigenvalue weighted by Gasteiger charge is 1.97. The maximum absolute atomic E-state index is 12.5. The minimum absolute atomic E-state index is 0.289. The van der Waals surface area contributed by atoms with E-state index in [9.17, 15) is 4.39 Å². The van der Waals surface area contributed by atoms with Crippen LogP contribution in [0.4, 0.5) is 4.39 Å². The van der Waals surface area contributed by atoms with E-state index in [4.69, 9.17) is 4.74 Å². The second-order valence-corrected chi connectivity index (χ2v) is 2.64.